The lowest BCUT2D eigenvalue weighted by atomic mass is 10.3. The van der Waals surface area contributed by atoms with Gasteiger partial charge in [-0.3, -0.25) is 0 Å². The largest absolute Gasteiger partial charge is 0.341 e. The first-order valence-electron chi connectivity index (χ1n) is 6.64. The molecule has 5 heteroatoms. The van der Waals surface area contributed by atoms with Crippen LogP contribution in [0, 0.1) is 0 Å². The summed E-state index contributed by atoms with van der Waals surface area (Å²) in [5, 5.41) is 13.2. The topological polar surface area (TPSA) is 65.8 Å². The Morgan fingerprint density at radius 1 is 1.05 bits per heavy atom. The molecule has 0 aromatic heterocycles. The summed E-state index contributed by atoms with van der Waals surface area (Å²) in [4.78, 5) is 11.2. The van der Waals surface area contributed by atoms with Crippen molar-refractivity contribution in [1.82, 2.24) is 10.6 Å². The number of rotatable bonds is 8. The monoisotopic (exact) mass is 298 g/mol. The van der Waals surface area contributed by atoms with Crippen molar-refractivity contribution in [3.8, 4) is 0 Å². The van der Waals surface area contributed by atoms with Crippen LogP contribution in [0.25, 0.3) is 0 Å². The van der Waals surface area contributed by atoms with Crippen molar-refractivity contribution in [1.29, 1.82) is 0 Å². The zero-order chi connectivity index (χ0) is 16.8. The number of amides is 2. The van der Waals surface area contributed by atoms with Gasteiger partial charge in [-0.25, -0.2) is 4.79 Å². The molecule has 0 aliphatic rings. The van der Waals surface area contributed by atoms with Crippen LogP contribution in [0.1, 0.15) is 6.92 Å². The molecule has 0 unspecified atom stereocenters. The predicted octanol–water partition coefficient (Wildman–Crippen LogP) is 4.15. The first-order valence-corrected chi connectivity index (χ1v) is 6.64. The van der Waals surface area contributed by atoms with E-state index in [-0.39, 0.29) is 6.03 Å². The number of urea groups is 1. The average Bonchev–Trinajstić information content (AvgIpc) is 2.55. The lowest BCUT2D eigenvalue weighted by molar-refractivity contribution is 0.245. The number of nitrogens with one attached hydrogen (secondary N) is 2. The molecule has 0 rings (SSSR count). The molecule has 2 amide bonds. The molecule has 0 aliphatic heterocycles. The fourth-order valence-electron chi connectivity index (χ4n) is 1.14. The van der Waals surface area contributed by atoms with Crippen molar-refractivity contribution in [2.45, 2.75) is 6.92 Å². The number of azo groups is 1. The molecule has 0 saturated carbocycles. The minimum atomic E-state index is -0.327. The van der Waals surface area contributed by atoms with Gasteiger partial charge in [-0.1, -0.05) is 38.0 Å². The van der Waals surface area contributed by atoms with E-state index in [1.807, 2.05) is 13.0 Å². The molecule has 0 heterocycles. The third-order valence-electron chi connectivity index (χ3n) is 2.33. The van der Waals surface area contributed by atoms with E-state index in [0.717, 1.165) is 0 Å². The van der Waals surface area contributed by atoms with Crippen molar-refractivity contribution >= 4 is 6.03 Å². The number of carbonyl (C=O) groups is 1. The Hall–Kier alpha value is -2.95. The van der Waals surface area contributed by atoms with Crippen molar-refractivity contribution < 1.29 is 4.79 Å². The zero-order valence-electron chi connectivity index (χ0n) is 13.0. The van der Waals surface area contributed by atoms with Crippen LogP contribution in [0.4, 0.5) is 4.79 Å². The lowest BCUT2D eigenvalue weighted by Gasteiger charge is -2.03. The molecule has 0 aromatic rings. The molecular weight excluding hydrogens is 276 g/mol. The summed E-state index contributed by atoms with van der Waals surface area (Å²) in [5.41, 5.74) is 1.78. The number of hydrogen-bond donors (Lipinski definition) is 2. The van der Waals surface area contributed by atoms with E-state index >= 15 is 0 Å². The minimum absolute atomic E-state index is 0.327. The Morgan fingerprint density at radius 3 is 2.23 bits per heavy atom. The first kappa shape index (κ1) is 19.1. The summed E-state index contributed by atoms with van der Waals surface area (Å²) >= 11 is 0. The van der Waals surface area contributed by atoms with Crippen LogP contribution in [0.15, 0.2) is 95.7 Å². The van der Waals surface area contributed by atoms with E-state index in [9.17, 15) is 4.79 Å². The van der Waals surface area contributed by atoms with Gasteiger partial charge in [0.05, 0.1) is 11.4 Å². The van der Waals surface area contributed by atoms with Crippen LogP contribution in [-0.2, 0) is 0 Å². The van der Waals surface area contributed by atoms with Gasteiger partial charge in [0.25, 0.3) is 0 Å². The molecule has 0 aliphatic carbocycles. The Labute approximate surface area is 131 Å². The third-order valence-corrected chi connectivity index (χ3v) is 2.33. The van der Waals surface area contributed by atoms with Crippen LogP contribution in [0.3, 0.4) is 0 Å². The van der Waals surface area contributed by atoms with Gasteiger partial charge < -0.3 is 10.6 Å². The van der Waals surface area contributed by atoms with Gasteiger partial charge in [0.2, 0.25) is 0 Å². The maximum atomic E-state index is 11.2. The summed E-state index contributed by atoms with van der Waals surface area (Å²) in [6.07, 6.45) is 13.5. The molecule has 0 radical (unpaired) electrons. The molecule has 0 saturated heterocycles. The van der Waals surface area contributed by atoms with Crippen molar-refractivity contribution in [3.05, 3.63) is 85.4 Å². The SMILES string of the molecule is C=C/C=C\C(=C/C)N=N/C(C=C)=C/C=C(\C=C)NC(=O)NC. The van der Waals surface area contributed by atoms with Crippen LogP contribution in [0.2, 0.25) is 0 Å². The number of allylic oxidation sites excluding steroid dienone is 8. The highest BCUT2D eigenvalue weighted by Gasteiger charge is 1.96. The quantitative estimate of drug-likeness (QED) is 0.513. The Bertz CT molecular complexity index is 563. The second-order valence-electron chi connectivity index (χ2n) is 3.83. The molecule has 2 N–H and O–H groups in total. The van der Waals surface area contributed by atoms with Gasteiger partial charge in [-0.05, 0) is 37.3 Å². The Balaban J connectivity index is 5.12. The summed E-state index contributed by atoms with van der Waals surface area (Å²) in [6, 6.07) is -0.327. The van der Waals surface area contributed by atoms with Crippen molar-refractivity contribution in [3.63, 3.8) is 0 Å². The average molecular weight is 298 g/mol. The highest BCUT2D eigenvalue weighted by molar-refractivity contribution is 5.76. The van der Waals surface area contributed by atoms with Gasteiger partial charge in [-0.2, -0.15) is 10.2 Å². The highest BCUT2D eigenvalue weighted by atomic mass is 16.2. The van der Waals surface area contributed by atoms with Crippen molar-refractivity contribution in [2.75, 3.05) is 7.05 Å². The summed E-state index contributed by atoms with van der Waals surface area (Å²) in [7, 11) is 1.53. The van der Waals surface area contributed by atoms with Gasteiger partial charge in [0.1, 0.15) is 0 Å². The van der Waals surface area contributed by atoms with Crippen LogP contribution in [0.5, 0.6) is 0 Å². The molecule has 0 atom stereocenters. The van der Waals surface area contributed by atoms with Gasteiger partial charge in [0, 0.05) is 12.7 Å². The number of hydrogen-bond acceptors (Lipinski definition) is 3. The second kappa shape index (κ2) is 11.8. The maximum absolute atomic E-state index is 11.2. The van der Waals surface area contributed by atoms with E-state index in [1.54, 1.807) is 36.5 Å². The first-order chi connectivity index (χ1) is 10.6. The van der Waals surface area contributed by atoms with Crippen molar-refractivity contribution in [2.24, 2.45) is 10.2 Å². The van der Waals surface area contributed by atoms with E-state index in [1.165, 1.54) is 13.1 Å². The predicted molar refractivity (Wildman–Crippen MR) is 92.1 cm³/mol. The fourth-order valence-corrected chi connectivity index (χ4v) is 1.14. The Kier molecular flexibility index (Phi) is 10.3. The molecule has 0 spiro atoms. The van der Waals surface area contributed by atoms with Gasteiger partial charge in [0.15, 0.2) is 0 Å². The highest BCUT2D eigenvalue weighted by Crippen LogP contribution is 2.07. The van der Waals surface area contributed by atoms with Crippen LogP contribution < -0.4 is 10.6 Å². The van der Waals surface area contributed by atoms with Gasteiger partial charge >= 0.3 is 6.03 Å². The lowest BCUT2D eigenvalue weighted by Crippen LogP contribution is -2.31. The molecular formula is C17H22N4O. The third kappa shape index (κ3) is 8.27. The van der Waals surface area contributed by atoms with Crippen LogP contribution in [-0.4, -0.2) is 13.1 Å². The molecule has 0 fully saturated rings. The maximum Gasteiger partial charge on any atom is 0.318 e. The smallest absolute Gasteiger partial charge is 0.318 e. The molecule has 0 bridgehead atoms. The summed E-state index contributed by atoms with van der Waals surface area (Å²) in [5.74, 6) is 0. The normalized spacial score (nSPS) is 13.3. The summed E-state index contributed by atoms with van der Waals surface area (Å²) in [6.45, 7) is 12.8. The molecule has 116 valence electrons. The zero-order valence-corrected chi connectivity index (χ0v) is 13.0. The van der Waals surface area contributed by atoms with Gasteiger partial charge in [-0.15, -0.1) is 0 Å². The van der Waals surface area contributed by atoms with E-state index in [2.05, 4.69) is 40.6 Å². The molecule has 0 aromatic carbocycles. The Morgan fingerprint density at radius 2 is 1.73 bits per heavy atom. The van der Waals surface area contributed by atoms with Crippen LogP contribution >= 0.6 is 0 Å². The van der Waals surface area contributed by atoms with E-state index in [4.69, 9.17) is 0 Å². The molecule has 22 heavy (non-hydrogen) atoms. The molecule has 5 nitrogen and oxygen atoms in total. The number of nitrogens with zero attached hydrogens (tertiary/aromatic N) is 2. The van der Waals surface area contributed by atoms with E-state index < -0.39 is 0 Å². The minimum Gasteiger partial charge on any atom is -0.341 e. The number of carbonyl (C=O) groups excluding carboxylic acids is 1. The van der Waals surface area contributed by atoms with E-state index in [0.29, 0.717) is 17.1 Å². The standard InChI is InChI=1S/C17H22N4O/c1-6-10-11-15(8-3)20-21-16(9-4)13-12-14(7-2)19-17(22)18-5/h6-13H,1-2,4H2,3,5H3,(H2,18,19,22)/b11-10-,14-12+,15-8+,16-13+,21-20?. The summed E-state index contributed by atoms with van der Waals surface area (Å²) < 4.78 is 0. The second-order valence-corrected chi connectivity index (χ2v) is 3.83. The fraction of sp³-hybridized carbons (Fsp3) is 0.118.